The Morgan fingerprint density at radius 2 is 1.76 bits per heavy atom. The van der Waals surface area contributed by atoms with Crippen molar-refractivity contribution in [2.24, 2.45) is 0 Å². The summed E-state index contributed by atoms with van der Waals surface area (Å²) in [4.78, 5) is 56.0. The van der Waals surface area contributed by atoms with Gasteiger partial charge in [0.25, 0.3) is 11.8 Å². The molecule has 0 aliphatic carbocycles. The van der Waals surface area contributed by atoms with Gasteiger partial charge in [0.05, 0.1) is 11.1 Å². The molecule has 7 nitrogen and oxygen atoms in total. The van der Waals surface area contributed by atoms with Crippen LogP contribution in [0.4, 0.5) is 0 Å². The minimum Gasteiger partial charge on any atom is -0.329 e. The standard InChI is InChI=1S/C18H20N2O5/c1-2-7-15(21)19-11-6-5-10-14(19)18(24)25-20-16(22)12-8-3-4-9-13(12)17(20)23/h3-4,8-9,14H,2,5-7,10-11H2,1H3. The second kappa shape index (κ2) is 7.04. The van der Waals surface area contributed by atoms with Crippen LogP contribution in [0.5, 0.6) is 0 Å². The molecule has 3 rings (SSSR count). The molecule has 0 N–H and O–H groups in total. The van der Waals surface area contributed by atoms with Crippen LogP contribution >= 0.6 is 0 Å². The Morgan fingerprint density at radius 1 is 1.12 bits per heavy atom. The zero-order chi connectivity index (χ0) is 18.0. The van der Waals surface area contributed by atoms with E-state index in [4.69, 9.17) is 4.84 Å². The number of carbonyl (C=O) groups excluding carboxylic acids is 4. The molecule has 0 bridgehead atoms. The summed E-state index contributed by atoms with van der Waals surface area (Å²) >= 11 is 0. The van der Waals surface area contributed by atoms with Gasteiger partial charge in [-0.1, -0.05) is 24.1 Å². The summed E-state index contributed by atoms with van der Waals surface area (Å²) in [6.45, 7) is 2.38. The van der Waals surface area contributed by atoms with Crippen LogP contribution in [0.15, 0.2) is 24.3 Å². The fraction of sp³-hybridized carbons (Fsp3) is 0.444. The third-order valence-corrected chi connectivity index (χ3v) is 4.50. The van der Waals surface area contributed by atoms with E-state index in [0.29, 0.717) is 30.9 Å². The number of amides is 3. The lowest BCUT2D eigenvalue weighted by atomic mass is 10.0. The Morgan fingerprint density at radius 3 is 2.36 bits per heavy atom. The largest absolute Gasteiger partial charge is 0.355 e. The van der Waals surface area contributed by atoms with Crippen LogP contribution in [-0.4, -0.2) is 46.2 Å². The first-order valence-corrected chi connectivity index (χ1v) is 8.53. The number of hydroxylamine groups is 2. The van der Waals surface area contributed by atoms with Crippen LogP contribution in [-0.2, 0) is 14.4 Å². The molecule has 1 saturated heterocycles. The molecular weight excluding hydrogens is 324 g/mol. The summed E-state index contributed by atoms with van der Waals surface area (Å²) in [5.74, 6) is -2.16. The predicted molar refractivity (Wildman–Crippen MR) is 87.3 cm³/mol. The van der Waals surface area contributed by atoms with Gasteiger partial charge < -0.3 is 9.74 Å². The van der Waals surface area contributed by atoms with Crippen molar-refractivity contribution in [1.82, 2.24) is 9.96 Å². The highest BCUT2D eigenvalue weighted by molar-refractivity contribution is 6.20. The number of rotatable bonds is 4. The molecule has 1 unspecified atom stereocenters. The minimum atomic E-state index is -0.753. The summed E-state index contributed by atoms with van der Waals surface area (Å²) in [6, 6.07) is 5.56. The molecule has 1 fully saturated rings. The Balaban J connectivity index is 1.74. The molecule has 25 heavy (non-hydrogen) atoms. The molecule has 1 atom stereocenters. The Bertz CT molecular complexity index is 695. The van der Waals surface area contributed by atoms with Gasteiger partial charge in [0, 0.05) is 13.0 Å². The van der Waals surface area contributed by atoms with E-state index in [1.165, 1.54) is 17.0 Å². The van der Waals surface area contributed by atoms with Crippen LogP contribution < -0.4 is 0 Å². The van der Waals surface area contributed by atoms with Crippen molar-refractivity contribution in [2.45, 2.75) is 45.1 Å². The number of carbonyl (C=O) groups is 4. The summed E-state index contributed by atoms with van der Waals surface area (Å²) in [7, 11) is 0. The van der Waals surface area contributed by atoms with Gasteiger partial charge in [-0.3, -0.25) is 14.4 Å². The summed E-state index contributed by atoms with van der Waals surface area (Å²) in [5.41, 5.74) is 0.422. The van der Waals surface area contributed by atoms with Crippen LogP contribution in [0, 0.1) is 0 Å². The Kier molecular flexibility index (Phi) is 4.83. The van der Waals surface area contributed by atoms with Crippen molar-refractivity contribution in [3.63, 3.8) is 0 Å². The number of hydrogen-bond acceptors (Lipinski definition) is 5. The Labute approximate surface area is 145 Å². The smallest absolute Gasteiger partial charge is 0.329 e. The molecule has 0 saturated carbocycles. The molecular formula is C18H20N2O5. The summed E-state index contributed by atoms with van der Waals surface area (Å²) < 4.78 is 0. The molecule has 1 aromatic carbocycles. The zero-order valence-corrected chi connectivity index (χ0v) is 14.1. The predicted octanol–water partition coefficient (Wildman–Crippen LogP) is 1.92. The lowest BCUT2D eigenvalue weighted by Gasteiger charge is -2.34. The molecule has 2 aliphatic rings. The quantitative estimate of drug-likeness (QED) is 0.779. The van der Waals surface area contributed by atoms with E-state index in [9.17, 15) is 19.2 Å². The van der Waals surface area contributed by atoms with E-state index in [-0.39, 0.29) is 17.0 Å². The van der Waals surface area contributed by atoms with Crippen molar-refractivity contribution in [1.29, 1.82) is 0 Å². The molecule has 132 valence electrons. The van der Waals surface area contributed by atoms with Gasteiger partial charge in [0.1, 0.15) is 6.04 Å². The fourth-order valence-electron chi connectivity index (χ4n) is 3.23. The number of piperidine rings is 1. The second-order valence-corrected chi connectivity index (χ2v) is 6.21. The number of benzene rings is 1. The van der Waals surface area contributed by atoms with Gasteiger partial charge in [-0.2, -0.15) is 0 Å². The maximum atomic E-state index is 12.6. The number of fused-ring (bicyclic) bond motifs is 1. The van der Waals surface area contributed by atoms with Crippen molar-refractivity contribution in [2.75, 3.05) is 6.54 Å². The number of imide groups is 1. The maximum Gasteiger partial charge on any atom is 0.355 e. The van der Waals surface area contributed by atoms with Crippen molar-refractivity contribution in [3.8, 4) is 0 Å². The highest BCUT2D eigenvalue weighted by atomic mass is 16.7. The van der Waals surface area contributed by atoms with Crippen LogP contribution in [0.2, 0.25) is 0 Å². The van der Waals surface area contributed by atoms with Crippen LogP contribution in [0.3, 0.4) is 0 Å². The number of likely N-dealkylation sites (tertiary alicyclic amines) is 1. The first kappa shape index (κ1) is 17.1. The third kappa shape index (κ3) is 3.14. The summed E-state index contributed by atoms with van der Waals surface area (Å²) in [5, 5.41) is 0.504. The third-order valence-electron chi connectivity index (χ3n) is 4.50. The van der Waals surface area contributed by atoms with E-state index < -0.39 is 23.8 Å². The lowest BCUT2D eigenvalue weighted by Crippen LogP contribution is -2.50. The SMILES string of the molecule is CCCC(=O)N1CCCCC1C(=O)ON1C(=O)c2ccccc2C1=O. The van der Waals surface area contributed by atoms with Crippen molar-refractivity contribution >= 4 is 23.7 Å². The molecule has 7 heteroatoms. The monoisotopic (exact) mass is 344 g/mol. The Hall–Kier alpha value is -2.70. The average molecular weight is 344 g/mol. The number of hydrogen-bond donors (Lipinski definition) is 0. The average Bonchev–Trinajstić information content (AvgIpc) is 2.87. The van der Waals surface area contributed by atoms with Gasteiger partial charge in [0.2, 0.25) is 5.91 Å². The highest BCUT2D eigenvalue weighted by Crippen LogP contribution is 2.25. The van der Waals surface area contributed by atoms with E-state index in [2.05, 4.69) is 0 Å². The number of nitrogens with zero attached hydrogens (tertiary/aromatic N) is 2. The van der Waals surface area contributed by atoms with Gasteiger partial charge >= 0.3 is 5.97 Å². The molecule has 0 radical (unpaired) electrons. The maximum absolute atomic E-state index is 12.6. The van der Waals surface area contributed by atoms with Crippen LogP contribution in [0.25, 0.3) is 0 Å². The summed E-state index contributed by atoms with van der Waals surface area (Å²) in [6.07, 6.45) is 3.13. The molecule has 2 heterocycles. The van der Waals surface area contributed by atoms with E-state index in [1.807, 2.05) is 6.92 Å². The lowest BCUT2D eigenvalue weighted by molar-refractivity contribution is -0.178. The van der Waals surface area contributed by atoms with Crippen LogP contribution in [0.1, 0.15) is 59.7 Å². The normalized spacial score (nSPS) is 19.8. The molecule has 3 amide bonds. The van der Waals surface area contributed by atoms with Crippen molar-refractivity contribution in [3.05, 3.63) is 35.4 Å². The van der Waals surface area contributed by atoms with E-state index >= 15 is 0 Å². The molecule has 0 spiro atoms. The first-order valence-electron chi connectivity index (χ1n) is 8.53. The van der Waals surface area contributed by atoms with Gasteiger partial charge in [-0.25, -0.2) is 4.79 Å². The molecule has 1 aromatic rings. The topological polar surface area (TPSA) is 84.0 Å². The van der Waals surface area contributed by atoms with E-state index in [1.54, 1.807) is 12.1 Å². The van der Waals surface area contributed by atoms with Gasteiger partial charge in [-0.05, 0) is 37.8 Å². The van der Waals surface area contributed by atoms with Crippen molar-refractivity contribution < 1.29 is 24.0 Å². The zero-order valence-electron chi connectivity index (χ0n) is 14.1. The molecule has 0 aromatic heterocycles. The van der Waals surface area contributed by atoms with Gasteiger partial charge in [0.15, 0.2) is 0 Å². The highest BCUT2D eigenvalue weighted by Gasteiger charge is 2.41. The molecule has 2 aliphatic heterocycles. The van der Waals surface area contributed by atoms with Gasteiger partial charge in [-0.15, -0.1) is 0 Å². The minimum absolute atomic E-state index is 0.105. The van der Waals surface area contributed by atoms with E-state index in [0.717, 1.165) is 12.8 Å². The first-order chi connectivity index (χ1) is 12.0. The fourth-order valence-corrected chi connectivity index (χ4v) is 3.23. The second-order valence-electron chi connectivity index (χ2n) is 6.21.